The Morgan fingerprint density at radius 2 is 2.05 bits per heavy atom. The minimum Gasteiger partial charge on any atom is -0.372 e. The first-order valence-electron chi connectivity index (χ1n) is 6.39. The van der Waals surface area contributed by atoms with Crippen LogP contribution in [0.1, 0.15) is 18.6 Å². The molecule has 1 atom stereocenters. The Morgan fingerprint density at radius 3 is 2.70 bits per heavy atom. The Hall–Kier alpha value is -1.85. The van der Waals surface area contributed by atoms with Crippen LogP contribution >= 0.6 is 11.6 Å². The Bertz CT molecular complexity index is 530. The maximum Gasteiger partial charge on any atom is 0.223 e. The highest BCUT2D eigenvalue weighted by Gasteiger charge is 2.11. The van der Waals surface area contributed by atoms with Gasteiger partial charge in [-0.2, -0.15) is 4.98 Å². The molecule has 0 saturated heterocycles. The molecule has 0 spiro atoms. The van der Waals surface area contributed by atoms with Crippen LogP contribution in [0, 0.1) is 0 Å². The highest BCUT2D eigenvalue weighted by Crippen LogP contribution is 2.19. The smallest absolute Gasteiger partial charge is 0.223 e. The van der Waals surface area contributed by atoms with E-state index in [9.17, 15) is 0 Å². The summed E-state index contributed by atoms with van der Waals surface area (Å²) >= 11 is 5.84. The van der Waals surface area contributed by atoms with E-state index >= 15 is 0 Å². The number of nitrogens with one attached hydrogen (secondary N) is 1. The topological polar surface area (TPSA) is 73.1 Å². The van der Waals surface area contributed by atoms with E-state index in [4.69, 9.17) is 22.1 Å². The van der Waals surface area contributed by atoms with Crippen molar-refractivity contribution in [3.05, 3.63) is 47.1 Å². The van der Waals surface area contributed by atoms with Gasteiger partial charge in [-0.3, -0.25) is 0 Å². The summed E-state index contributed by atoms with van der Waals surface area (Å²) < 4.78 is 5.74. The lowest BCUT2D eigenvalue weighted by molar-refractivity contribution is 0.0718. The molecule has 0 aliphatic rings. The maximum atomic E-state index is 5.84. The summed E-state index contributed by atoms with van der Waals surface area (Å²) in [6.07, 6.45) is -0.0591. The number of nitrogen functional groups attached to an aromatic ring is 1. The Morgan fingerprint density at radius 1 is 1.30 bits per heavy atom. The molecular formula is C14H17ClN4O. The Kier molecular flexibility index (Phi) is 5.15. The predicted octanol–water partition coefficient (Wildman–Crippen LogP) is 2.90. The summed E-state index contributed by atoms with van der Waals surface area (Å²) in [5.41, 5.74) is 6.66. The fourth-order valence-corrected chi connectivity index (χ4v) is 2.05. The van der Waals surface area contributed by atoms with Crippen LogP contribution in [0.4, 0.5) is 11.8 Å². The molecule has 106 valence electrons. The largest absolute Gasteiger partial charge is 0.372 e. The third-order valence-electron chi connectivity index (χ3n) is 2.72. The molecule has 0 amide bonds. The van der Waals surface area contributed by atoms with Gasteiger partial charge in [0.15, 0.2) is 0 Å². The van der Waals surface area contributed by atoms with E-state index in [0.29, 0.717) is 24.1 Å². The number of benzene rings is 1. The van der Waals surface area contributed by atoms with Crippen molar-refractivity contribution in [1.82, 2.24) is 9.97 Å². The van der Waals surface area contributed by atoms with Crippen LogP contribution in [0.25, 0.3) is 0 Å². The predicted molar refractivity (Wildman–Crippen MR) is 80.8 cm³/mol. The van der Waals surface area contributed by atoms with E-state index in [2.05, 4.69) is 15.3 Å². The molecule has 3 N–H and O–H groups in total. The lowest BCUT2D eigenvalue weighted by atomic mass is 10.1. The van der Waals surface area contributed by atoms with Gasteiger partial charge in [0.1, 0.15) is 11.0 Å². The van der Waals surface area contributed by atoms with E-state index in [1.807, 2.05) is 37.3 Å². The molecule has 0 radical (unpaired) electrons. The normalized spacial score (nSPS) is 12.1. The van der Waals surface area contributed by atoms with Crippen LogP contribution in [0.3, 0.4) is 0 Å². The summed E-state index contributed by atoms with van der Waals surface area (Å²) in [5, 5.41) is 3.48. The van der Waals surface area contributed by atoms with Crippen molar-refractivity contribution < 1.29 is 4.74 Å². The zero-order valence-corrected chi connectivity index (χ0v) is 12.0. The second-order valence-corrected chi connectivity index (χ2v) is 4.56. The molecule has 0 aliphatic carbocycles. The van der Waals surface area contributed by atoms with Crippen LogP contribution in [0.2, 0.25) is 5.15 Å². The number of rotatable bonds is 6. The van der Waals surface area contributed by atoms with Crippen molar-refractivity contribution in [2.24, 2.45) is 0 Å². The average Bonchev–Trinajstić information content (AvgIpc) is 2.43. The third kappa shape index (κ3) is 4.08. The second-order valence-electron chi connectivity index (χ2n) is 4.17. The number of hydrogen-bond acceptors (Lipinski definition) is 5. The van der Waals surface area contributed by atoms with E-state index in [0.717, 1.165) is 5.56 Å². The molecular weight excluding hydrogens is 276 g/mol. The first-order chi connectivity index (χ1) is 9.69. The number of anilines is 2. The summed E-state index contributed by atoms with van der Waals surface area (Å²) in [7, 11) is 0. The number of hydrogen-bond donors (Lipinski definition) is 2. The van der Waals surface area contributed by atoms with Crippen molar-refractivity contribution in [2.75, 3.05) is 24.2 Å². The van der Waals surface area contributed by atoms with Gasteiger partial charge in [-0.25, -0.2) is 4.98 Å². The molecule has 1 aromatic carbocycles. The van der Waals surface area contributed by atoms with Crippen molar-refractivity contribution in [3.63, 3.8) is 0 Å². The number of nitrogens with zero attached hydrogens (tertiary/aromatic N) is 2. The molecule has 0 saturated carbocycles. The number of nitrogens with two attached hydrogens (primary N) is 1. The zero-order valence-electron chi connectivity index (χ0n) is 11.2. The van der Waals surface area contributed by atoms with Gasteiger partial charge >= 0.3 is 0 Å². The molecule has 6 heteroatoms. The average molecular weight is 293 g/mol. The third-order valence-corrected chi connectivity index (χ3v) is 2.91. The highest BCUT2D eigenvalue weighted by molar-refractivity contribution is 6.29. The minimum atomic E-state index is -0.0591. The number of aromatic nitrogens is 2. The van der Waals surface area contributed by atoms with Crippen LogP contribution in [-0.2, 0) is 4.74 Å². The van der Waals surface area contributed by atoms with Crippen LogP contribution in [0.15, 0.2) is 36.4 Å². The first-order valence-corrected chi connectivity index (χ1v) is 6.77. The van der Waals surface area contributed by atoms with Crippen molar-refractivity contribution in [1.29, 1.82) is 0 Å². The lowest BCUT2D eigenvalue weighted by Gasteiger charge is -2.18. The molecule has 0 aliphatic heterocycles. The van der Waals surface area contributed by atoms with Gasteiger partial charge in [-0.15, -0.1) is 0 Å². The molecule has 0 bridgehead atoms. The molecule has 20 heavy (non-hydrogen) atoms. The van der Waals surface area contributed by atoms with Gasteiger partial charge in [0, 0.05) is 19.2 Å². The van der Waals surface area contributed by atoms with Gasteiger partial charge in [0.25, 0.3) is 0 Å². The van der Waals surface area contributed by atoms with Gasteiger partial charge in [-0.05, 0) is 12.5 Å². The monoisotopic (exact) mass is 292 g/mol. The lowest BCUT2D eigenvalue weighted by Crippen LogP contribution is -2.17. The molecule has 1 unspecified atom stereocenters. The zero-order chi connectivity index (χ0) is 14.4. The maximum absolute atomic E-state index is 5.84. The number of halogens is 1. The summed E-state index contributed by atoms with van der Waals surface area (Å²) in [5.74, 6) is 0.732. The molecule has 1 heterocycles. The van der Waals surface area contributed by atoms with E-state index in [1.165, 1.54) is 0 Å². The fourth-order valence-electron chi connectivity index (χ4n) is 1.86. The first kappa shape index (κ1) is 14.6. The van der Waals surface area contributed by atoms with E-state index in [1.54, 1.807) is 6.07 Å². The van der Waals surface area contributed by atoms with Gasteiger partial charge in [-0.1, -0.05) is 41.9 Å². The van der Waals surface area contributed by atoms with E-state index in [-0.39, 0.29) is 12.1 Å². The van der Waals surface area contributed by atoms with Crippen LogP contribution in [0.5, 0.6) is 0 Å². The Balaban J connectivity index is 2.05. The standard InChI is InChI=1S/C14H17ClN4O/c1-2-20-11(10-6-4-3-5-7-10)9-17-13-8-12(15)18-14(16)19-13/h3-8,11H,2,9H2,1H3,(H3,16,17,18,19). The SMILES string of the molecule is CCOC(CNc1cc(Cl)nc(N)n1)c1ccccc1. The summed E-state index contributed by atoms with van der Waals surface area (Å²) in [4.78, 5) is 7.89. The highest BCUT2D eigenvalue weighted by atomic mass is 35.5. The second kappa shape index (κ2) is 7.07. The molecule has 2 aromatic rings. The van der Waals surface area contributed by atoms with E-state index < -0.39 is 0 Å². The summed E-state index contributed by atoms with van der Waals surface area (Å²) in [6, 6.07) is 11.6. The minimum absolute atomic E-state index is 0.0591. The van der Waals surface area contributed by atoms with Crippen molar-refractivity contribution in [3.8, 4) is 0 Å². The van der Waals surface area contributed by atoms with Crippen molar-refractivity contribution >= 4 is 23.4 Å². The number of ether oxygens (including phenoxy) is 1. The van der Waals surface area contributed by atoms with Gasteiger partial charge in [0.05, 0.1) is 6.10 Å². The fraction of sp³-hybridized carbons (Fsp3) is 0.286. The van der Waals surface area contributed by atoms with Gasteiger partial charge in [0.2, 0.25) is 5.95 Å². The molecule has 1 aromatic heterocycles. The quantitative estimate of drug-likeness (QED) is 0.801. The molecule has 2 rings (SSSR count). The van der Waals surface area contributed by atoms with Gasteiger partial charge < -0.3 is 15.8 Å². The van der Waals surface area contributed by atoms with Crippen molar-refractivity contribution in [2.45, 2.75) is 13.0 Å². The van der Waals surface area contributed by atoms with Crippen LogP contribution in [-0.4, -0.2) is 23.1 Å². The molecule has 5 nitrogen and oxygen atoms in total. The Labute approximate surface area is 123 Å². The molecule has 0 fully saturated rings. The summed E-state index contributed by atoms with van der Waals surface area (Å²) in [6.45, 7) is 3.17. The van der Waals surface area contributed by atoms with Crippen LogP contribution < -0.4 is 11.1 Å².